The summed E-state index contributed by atoms with van der Waals surface area (Å²) in [7, 11) is 0. The van der Waals surface area contributed by atoms with Crippen LogP contribution in [-0.4, -0.2) is 21.1 Å². The van der Waals surface area contributed by atoms with E-state index in [9.17, 15) is 4.79 Å². The maximum atomic E-state index is 11.6. The zero-order chi connectivity index (χ0) is 11.5. The van der Waals surface area contributed by atoms with Crippen LogP contribution >= 0.6 is 34.5 Å². The largest absolute Gasteiger partial charge is 0.317 e. The number of carbonyl (C=O) groups is 1. The second-order valence-corrected chi connectivity index (χ2v) is 4.64. The van der Waals surface area contributed by atoms with Crippen molar-refractivity contribution >= 4 is 46.1 Å². The van der Waals surface area contributed by atoms with E-state index in [2.05, 4.69) is 20.5 Å². The van der Waals surface area contributed by atoms with E-state index in [4.69, 9.17) is 23.2 Å². The van der Waals surface area contributed by atoms with Crippen molar-refractivity contribution in [2.24, 2.45) is 0 Å². The van der Waals surface area contributed by atoms with Crippen LogP contribution in [0.4, 0.5) is 5.69 Å². The third kappa shape index (κ3) is 2.46. The molecule has 0 radical (unpaired) electrons. The molecule has 2 aromatic rings. The number of hydrogen-bond acceptors (Lipinski definition) is 5. The first-order valence-electron chi connectivity index (χ1n) is 4.06. The van der Waals surface area contributed by atoms with E-state index in [1.165, 1.54) is 12.4 Å². The third-order valence-corrected chi connectivity index (χ3v) is 2.96. The molecule has 2 aromatic heterocycles. The van der Waals surface area contributed by atoms with Crippen LogP contribution in [0.5, 0.6) is 0 Å². The minimum Gasteiger partial charge on any atom is -0.317 e. The van der Waals surface area contributed by atoms with Gasteiger partial charge < -0.3 is 5.32 Å². The van der Waals surface area contributed by atoms with Crippen LogP contribution < -0.4 is 5.32 Å². The lowest BCUT2D eigenvalue weighted by molar-refractivity contribution is 0.102. The predicted octanol–water partition coefficient (Wildman–Crippen LogP) is 2.49. The van der Waals surface area contributed by atoms with Gasteiger partial charge in [0.2, 0.25) is 9.47 Å². The molecule has 2 rings (SSSR count). The molecule has 0 atom stereocenters. The highest BCUT2D eigenvalue weighted by Crippen LogP contribution is 2.21. The van der Waals surface area contributed by atoms with Crippen molar-refractivity contribution in [3.8, 4) is 0 Å². The molecule has 0 aromatic carbocycles. The highest BCUT2D eigenvalue weighted by Gasteiger charge is 2.13. The van der Waals surface area contributed by atoms with Gasteiger partial charge in [-0.3, -0.25) is 9.78 Å². The number of halogens is 2. The van der Waals surface area contributed by atoms with Crippen LogP contribution in [-0.2, 0) is 0 Å². The van der Waals surface area contributed by atoms with Gasteiger partial charge >= 0.3 is 0 Å². The standard InChI is InChI=1S/C8H4Cl2N4OS/c9-4-1-2-11-3-5(4)12-6(15)7-13-14-8(10)16-7/h1-3H,(H,12,15). The average molecular weight is 275 g/mol. The minimum atomic E-state index is -0.417. The van der Waals surface area contributed by atoms with Crippen LogP contribution in [0.25, 0.3) is 0 Å². The van der Waals surface area contributed by atoms with Crippen LogP contribution in [0.2, 0.25) is 9.49 Å². The van der Waals surface area contributed by atoms with Gasteiger partial charge in [0.05, 0.1) is 16.9 Å². The molecular weight excluding hydrogens is 271 g/mol. The Morgan fingerprint density at radius 1 is 1.38 bits per heavy atom. The molecule has 5 nitrogen and oxygen atoms in total. The molecule has 0 saturated carbocycles. The highest BCUT2D eigenvalue weighted by atomic mass is 35.5. The molecule has 0 spiro atoms. The summed E-state index contributed by atoms with van der Waals surface area (Å²) in [6, 6.07) is 1.57. The molecule has 82 valence electrons. The van der Waals surface area contributed by atoms with Crippen LogP contribution in [0.3, 0.4) is 0 Å². The number of anilines is 1. The van der Waals surface area contributed by atoms with Crippen molar-refractivity contribution in [3.05, 3.63) is 33.0 Å². The van der Waals surface area contributed by atoms with Gasteiger partial charge in [-0.25, -0.2) is 0 Å². The SMILES string of the molecule is O=C(Nc1cnccc1Cl)c1nnc(Cl)s1. The predicted molar refractivity (Wildman–Crippen MR) is 62.1 cm³/mol. The molecule has 0 saturated heterocycles. The fourth-order valence-corrected chi connectivity index (χ4v) is 1.82. The number of rotatable bonds is 2. The van der Waals surface area contributed by atoms with Gasteiger partial charge in [0, 0.05) is 6.20 Å². The second kappa shape index (κ2) is 4.73. The first-order valence-corrected chi connectivity index (χ1v) is 5.64. The fraction of sp³-hybridized carbons (Fsp3) is 0. The van der Waals surface area contributed by atoms with E-state index in [1.807, 2.05) is 0 Å². The number of nitrogens with zero attached hydrogens (tertiary/aromatic N) is 3. The van der Waals surface area contributed by atoms with Crippen LogP contribution in [0.1, 0.15) is 9.80 Å². The fourth-order valence-electron chi connectivity index (χ4n) is 0.942. The summed E-state index contributed by atoms with van der Waals surface area (Å²) in [6.07, 6.45) is 2.97. The molecule has 8 heteroatoms. The van der Waals surface area contributed by atoms with Crippen LogP contribution in [0, 0.1) is 0 Å². The quantitative estimate of drug-likeness (QED) is 0.914. The molecule has 0 aliphatic heterocycles. The summed E-state index contributed by atoms with van der Waals surface area (Å²) in [4.78, 5) is 15.5. The van der Waals surface area contributed by atoms with Gasteiger partial charge in [-0.1, -0.05) is 22.9 Å². The van der Waals surface area contributed by atoms with E-state index in [-0.39, 0.29) is 9.47 Å². The lowest BCUT2D eigenvalue weighted by atomic mass is 10.4. The van der Waals surface area contributed by atoms with E-state index < -0.39 is 5.91 Å². The summed E-state index contributed by atoms with van der Waals surface area (Å²) in [6.45, 7) is 0. The normalized spacial score (nSPS) is 10.1. The molecule has 0 aliphatic rings. The maximum Gasteiger partial charge on any atom is 0.286 e. The Morgan fingerprint density at radius 2 is 2.19 bits per heavy atom. The summed E-state index contributed by atoms with van der Waals surface area (Å²) in [5, 5.41) is 10.3. The highest BCUT2D eigenvalue weighted by molar-refractivity contribution is 7.17. The van der Waals surface area contributed by atoms with E-state index in [0.29, 0.717) is 10.7 Å². The van der Waals surface area contributed by atoms with E-state index in [0.717, 1.165) is 11.3 Å². The van der Waals surface area contributed by atoms with Crippen molar-refractivity contribution in [1.82, 2.24) is 15.2 Å². The van der Waals surface area contributed by atoms with Gasteiger partial charge in [-0.2, -0.15) is 0 Å². The Morgan fingerprint density at radius 3 is 2.81 bits per heavy atom. The lowest BCUT2D eigenvalue weighted by Gasteiger charge is -2.03. The summed E-state index contributed by atoms with van der Waals surface area (Å²) in [5.74, 6) is -0.417. The van der Waals surface area contributed by atoms with Crippen LogP contribution in [0.15, 0.2) is 18.5 Å². The number of hydrogen-bond donors (Lipinski definition) is 1. The Hall–Kier alpha value is -1.24. The molecule has 16 heavy (non-hydrogen) atoms. The number of pyridine rings is 1. The number of carbonyl (C=O) groups excluding carboxylic acids is 1. The molecule has 0 fully saturated rings. The Bertz CT molecular complexity index is 530. The first-order chi connectivity index (χ1) is 7.66. The third-order valence-electron chi connectivity index (χ3n) is 1.61. The zero-order valence-corrected chi connectivity index (χ0v) is 9.97. The molecule has 0 aliphatic carbocycles. The van der Waals surface area contributed by atoms with Crippen molar-refractivity contribution in [2.45, 2.75) is 0 Å². The van der Waals surface area contributed by atoms with Gasteiger partial charge in [0.1, 0.15) is 0 Å². The lowest BCUT2D eigenvalue weighted by Crippen LogP contribution is -2.12. The summed E-state index contributed by atoms with van der Waals surface area (Å²) >= 11 is 12.4. The van der Waals surface area contributed by atoms with Crippen molar-refractivity contribution in [3.63, 3.8) is 0 Å². The van der Waals surface area contributed by atoms with Gasteiger partial charge in [0.15, 0.2) is 0 Å². The monoisotopic (exact) mass is 274 g/mol. The summed E-state index contributed by atoms with van der Waals surface area (Å²) < 4.78 is 0.211. The Kier molecular flexibility index (Phi) is 3.33. The topological polar surface area (TPSA) is 67.8 Å². The Labute approximate surface area is 104 Å². The van der Waals surface area contributed by atoms with Gasteiger partial charge in [-0.15, -0.1) is 10.2 Å². The van der Waals surface area contributed by atoms with Gasteiger partial charge in [-0.05, 0) is 17.7 Å². The number of aromatic nitrogens is 3. The molecule has 2 heterocycles. The van der Waals surface area contributed by atoms with E-state index >= 15 is 0 Å². The van der Waals surface area contributed by atoms with Crippen molar-refractivity contribution in [2.75, 3.05) is 5.32 Å². The average Bonchev–Trinajstić information content (AvgIpc) is 2.68. The first kappa shape index (κ1) is 11.3. The second-order valence-electron chi connectivity index (χ2n) is 2.67. The molecule has 1 amide bonds. The zero-order valence-electron chi connectivity index (χ0n) is 7.65. The smallest absolute Gasteiger partial charge is 0.286 e. The molecular formula is C8H4Cl2N4OS. The number of nitrogens with one attached hydrogen (secondary N) is 1. The van der Waals surface area contributed by atoms with Crippen molar-refractivity contribution in [1.29, 1.82) is 0 Å². The number of amides is 1. The van der Waals surface area contributed by atoms with E-state index in [1.54, 1.807) is 6.07 Å². The molecule has 1 N–H and O–H groups in total. The summed E-state index contributed by atoms with van der Waals surface area (Å²) in [5.41, 5.74) is 0.417. The minimum absolute atomic E-state index is 0.171. The Balaban J connectivity index is 2.17. The molecule has 0 bridgehead atoms. The van der Waals surface area contributed by atoms with Gasteiger partial charge in [0.25, 0.3) is 5.91 Å². The maximum absolute atomic E-state index is 11.6. The molecule has 0 unspecified atom stereocenters. The van der Waals surface area contributed by atoms with Crippen molar-refractivity contribution < 1.29 is 4.79 Å².